The predicted octanol–water partition coefficient (Wildman–Crippen LogP) is 4.37. The summed E-state index contributed by atoms with van der Waals surface area (Å²) < 4.78 is 0.827. The van der Waals surface area contributed by atoms with E-state index in [2.05, 4.69) is 28.1 Å². The second-order valence-electron chi connectivity index (χ2n) is 5.40. The summed E-state index contributed by atoms with van der Waals surface area (Å²) in [5, 5.41) is 4.23. The van der Waals surface area contributed by atoms with Gasteiger partial charge in [-0.1, -0.05) is 7.43 Å². The summed E-state index contributed by atoms with van der Waals surface area (Å²) in [6.07, 6.45) is 3.89. The Hall–Kier alpha value is -1.81. The first-order valence-electron chi connectivity index (χ1n) is 7.11. The van der Waals surface area contributed by atoms with Crippen molar-refractivity contribution in [2.24, 2.45) is 0 Å². The van der Waals surface area contributed by atoms with Crippen LogP contribution in [0.2, 0.25) is 0 Å². The Kier molecular flexibility index (Phi) is 3.72. The first kappa shape index (κ1) is 14.1. The number of pyridine rings is 1. The van der Waals surface area contributed by atoms with E-state index in [1.54, 1.807) is 0 Å². The maximum atomic E-state index is 12.0. The zero-order valence-electron chi connectivity index (χ0n) is 11.2. The molecule has 3 nitrogen and oxygen atoms in total. The minimum absolute atomic E-state index is 0. The highest BCUT2D eigenvalue weighted by Crippen LogP contribution is 2.29. The van der Waals surface area contributed by atoms with Gasteiger partial charge in [-0.25, -0.2) is 0 Å². The topological polar surface area (TPSA) is 36.1 Å². The summed E-state index contributed by atoms with van der Waals surface area (Å²) in [5.74, 6) is 0. The maximum Gasteiger partial charge on any atom is 0.266 e. The van der Waals surface area contributed by atoms with Crippen LogP contribution in [-0.2, 0) is 0 Å². The molecule has 4 rings (SSSR count). The molecular weight excluding hydrogens is 280 g/mol. The van der Waals surface area contributed by atoms with Gasteiger partial charge in [0.2, 0.25) is 0 Å². The molecule has 0 unspecified atom stereocenters. The van der Waals surface area contributed by atoms with E-state index in [1.807, 2.05) is 11.4 Å². The fourth-order valence-electron chi connectivity index (χ4n) is 3.09. The quantitative estimate of drug-likeness (QED) is 0.724. The lowest BCUT2D eigenvalue weighted by atomic mass is 10.1. The van der Waals surface area contributed by atoms with E-state index in [9.17, 15) is 4.79 Å². The molecule has 21 heavy (non-hydrogen) atoms. The van der Waals surface area contributed by atoms with Gasteiger partial charge in [0, 0.05) is 35.1 Å². The molecule has 3 aromatic rings. The SMILES string of the molecule is C.O=c1[nH]c2ccc(N3CCCCC3)cc2c2ccsc12. The van der Waals surface area contributed by atoms with Gasteiger partial charge in [0.1, 0.15) is 4.70 Å². The highest BCUT2D eigenvalue weighted by Gasteiger charge is 2.13. The Balaban J connectivity index is 0.00000132. The van der Waals surface area contributed by atoms with Crippen LogP contribution < -0.4 is 10.5 Å². The molecule has 1 aliphatic rings. The van der Waals surface area contributed by atoms with Crippen LogP contribution >= 0.6 is 11.3 Å². The van der Waals surface area contributed by atoms with Crippen molar-refractivity contribution in [2.45, 2.75) is 26.7 Å². The first-order valence-corrected chi connectivity index (χ1v) is 7.99. The first-order chi connectivity index (χ1) is 9.83. The van der Waals surface area contributed by atoms with Crippen molar-refractivity contribution in [1.29, 1.82) is 0 Å². The van der Waals surface area contributed by atoms with Crippen LogP contribution in [-0.4, -0.2) is 18.1 Å². The van der Waals surface area contributed by atoms with Gasteiger partial charge < -0.3 is 9.88 Å². The second-order valence-corrected chi connectivity index (χ2v) is 6.31. The molecule has 3 heterocycles. The molecule has 0 spiro atoms. The third-order valence-corrected chi connectivity index (χ3v) is 5.05. The third kappa shape index (κ3) is 2.33. The lowest BCUT2D eigenvalue weighted by molar-refractivity contribution is 0.578. The molecule has 2 aromatic heterocycles. The largest absolute Gasteiger partial charge is 0.372 e. The second kappa shape index (κ2) is 5.53. The number of aromatic amines is 1. The number of piperidine rings is 1. The summed E-state index contributed by atoms with van der Waals surface area (Å²) in [4.78, 5) is 17.4. The summed E-state index contributed by atoms with van der Waals surface area (Å²) in [6, 6.07) is 8.45. The van der Waals surface area contributed by atoms with Gasteiger partial charge in [0.25, 0.3) is 5.56 Å². The van der Waals surface area contributed by atoms with Crippen LogP contribution in [0.15, 0.2) is 34.4 Å². The molecule has 110 valence electrons. The van der Waals surface area contributed by atoms with E-state index in [1.165, 1.54) is 36.3 Å². The Morgan fingerprint density at radius 2 is 1.86 bits per heavy atom. The summed E-state index contributed by atoms with van der Waals surface area (Å²) in [7, 11) is 0. The average Bonchev–Trinajstić information content (AvgIpc) is 2.98. The number of thiophene rings is 1. The van der Waals surface area contributed by atoms with Crippen molar-refractivity contribution >= 4 is 38.0 Å². The minimum atomic E-state index is 0. The number of nitrogens with one attached hydrogen (secondary N) is 1. The average molecular weight is 300 g/mol. The van der Waals surface area contributed by atoms with Crippen LogP contribution in [0.25, 0.3) is 21.0 Å². The molecule has 1 N–H and O–H groups in total. The number of aromatic nitrogens is 1. The van der Waals surface area contributed by atoms with E-state index in [4.69, 9.17) is 0 Å². The standard InChI is InChI=1S/C16H16N2OS.CH4/c19-16-15-12(6-9-20-15)13-10-11(4-5-14(13)17-16)18-7-2-1-3-8-18;/h4-6,9-10H,1-3,7-8H2,(H,17,19);1H4. The van der Waals surface area contributed by atoms with Crippen molar-refractivity contribution in [1.82, 2.24) is 4.98 Å². The number of hydrogen-bond acceptors (Lipinski definition) is 3. The van der Waals surface area contributed by atoms with Crippen LogP contribution in [0, 0.1) is 0 Å². The van der Waals surface area contributed by atoms with E-state index >= 15 is 0 Å². The van der Waals surface area contributed by atoms with E-state index in [-0.39, 0.29) is 13.0 Å². The number of nitrogens with zero attached hydrogens (tertiary/aromatic N) is 1. The monoisotopic (exact) mass is 300 g/mol. The Morgan fingerprint density at radius 3 is 2.67 bits per heavy atom. The van der Waals surface area contributed by atoms with E-state index < -0.39 is 0 Å². The number of anilines is 1. The van der Waals surface area contributed by atoms with Gasteiger partial charge in [-0.05, 0) is 48.9 Å². The van der Waals surface area contributed by atoms with Crippen LogP contribution in [0.1, 0.15) is 26.7 Å². The number of fused-ring (bicyclic) bond motifs is 3. The van der Waals surface area contributed by atoms with Gasteiger partial charge in [-0.15, -0.1) is 11.3 Å². The van der Waals surface area contributed by atoms with Crippen molar-refractivity contribution in [2.75, 3.05) is 18.0 Å². The molecule has 0 aliphatic carbocycles. The summed E-state index contributed by atoms with van der Waals surface area (Å²) >= 11 is 1.51. The maximum absolute atomic E-state index is 12.0. The van der Waals surface area contributed by atoms with E-state index in [0.717, 1.165) is 34.1 Å². The number of rotatable bonds is 1. The molecule has 1 saturated heterocycles. The van der Waals surface area contributed by atoms with Crippen molar-refractivity contribution in [3.63, 3.8) is 0 Å². The Labute approximate surface area is 128 Å². The van der Waals surface area contributed by atoms with E-state index in [0.29, 0.717) is 0 Å². The molecule has 0 radical (unpaired) electrons. The van der Waals surface area contributed by atoms with Crippen molar-refractivity contribution in [3.8, 4) is 0 Å². The molecule has 1 aromatic carbocycles. The molecule has 0 atom stereocenters. The zero-order chi connectivity index (χ0) is 13.5. The molecule has 0 amide bonds. The molecule has 1 aliphatic heterocycles. The van der Waals surface area contributed by atoms with Crippen molar-refractivity contribution in [3.05, 3.63) is 40.0 Å². The van der Waals surface area contributed by atoms with Gasteiger partial charge in [-0.2, -0.15) is 0 Å². The number of benzene rings is 1. The minimum Gasteiger partial charge on any atom is -0.372 e. The van der Waals surface area contributed by atoms with Crippen LogP contribution in [0.3, 0.4) is 0 Å². The molecule has 0 bridgehead atoms. The summed E-state index contributed by atoms with van der Waals surface area (Å²) in [5.41, 5.74) is 2.23. The van der Waals surface area contributed by atoms with Gasteiger partial charge in [-0.3, -0.25) is 4.79 Å². The van der Waals surface area contributed by atoms with Crippen molar-refractivity contribution < 1.29 is 0 Å². The summed E-state index contributed by atoms with van der Waals surface area (Å²) in [6.45, 7) is 2.28. The van der Waals surface area contributed by atoms with Gasteiger partial charge in [0.05, 0.1) is 0 Å². The molecule has 1 fully saturated rings. The molecule has 4 heteroatoms. The normalized spacial score (nSPS) is 15.3. The van der Waals surface area contributed by atoms with Gasteiger partial charge in [0.15, 0.2) is 0 Å². The smallest absolute Gasteiger partial charge is 0.266 e. The fraction of sp³-hybridized carbons (Fsp3) is 0.353. The Bertz CT molecular complexity index is 828. The highest BCUT2D eigenvalue weighted by molar-refractivity contribution is 7.17. The molecule has 0 saturated carbocycles. The highest BCUT2D eigenvalue weighted by atomic mass is 32.1. The van der Waals surface area contributed by atoms with Crippen LogP contribution in [0.4, 0.5) is 5.69 Å². The third-order valence-electron chi connectivity index (χ3n) is 4.13. The predicted molar refractivity (Wildman–Crippen MR) is 92.7 cm³/mol. The zero-order valence-corrected chi connectivity index (χ0v) is 12.0. The number of hydrogen-bond donors (Lipinski definition) is 1. The lowest BCUT2D eigenvalue weighted by Gasteiger charge is -2.29. The van der Waals surface area contributed by atoms with Gasteiger partial charge >= 0.3 is 0 Å². The van der Waals surface area contributed by atoms with Crippen LogP contribution in [0.5, 0.6) is 0 Å². The molecular formula is C17H20N2OS. The number of H-pyrrole nitrogens is 1. The fourth-order valence-corrected chi connectivity index (χ4v) is 3.89. The Morgan fingerprint density at radius 1 is 1.05 bits per heavy atom. The lowest BCUT2D eigenvalue weighted by Crippen LogP contribution is -2.29.